The van der Waals surface area contributed by atoms with Crippen LogP contribution in [0.1, 0.15) is 53.4 Å². The van der Waals surface area contributed by atoms with Gasteiger partial charge in [-0.3, -0.25) is 4.79 Å². The molecule has 0 aromatic rings. The molecule has 26 heavy (non-hydrogen) atoms. The zero-order valence-corrected chi connectivity index (χ0v) is 18.2. The van der Waals surface area contributed by atoms with E-state index >= 15 is 0 Å². The van der Waals surface area contributed by atoms with Crippen LogP contribution in [0.4, 0.5) is 0 Å². The van der Waals surface area contributed by atoms with E-state index in [4.69, 9.17) is 15.6 Å². The first-order valence-electron chi connectivity index (χ1n) is 9.96. The molecule has 0 heterocycles. The van der Waals surface area contributed by atoms with Crippen LogP contribution >= 0.6 is 0 Å². The highest BCUT2D eigenvalue weighted by atomic mass is 28.4. The predicted molar refractivity (Wildman–Crippen MR) is 107 cm³/mol. The Balaban J connectivity index is 1.97. The van der Waals surface area contributed by atoms with Crippen molar-refractivity contribution in [2.45, 2.75) is 77.6 Å². The third kappa shape index (κ3) is 2.62. The van der Waals surface area contributed by atoms with Crippen LogP contribution in [0.25, 0.3) is 0 Å². The highest BCUT2D eigenvalue weighted by molar-refractivity contribution is 6.74. The molecular weight excluding hydrogens is 340 g/mol. The highest BCUT2D eigenvalue weighted by Crippen LogP contribution is 2.73. The molecule has 3 unspecified atom stereocenters. The topological polar surface area (TPSA) is 35.5 Å². The fraction of sp³-hybridized carbons (Fsp3) is 0.773. The Hall–Kier alpha value is -1.05. The SMILES string of the molecule is C#C[C@H](OC(C)=O)C12CCCC1(CO[Si](C)(C)C(C)(C)C)C1C=C[C@H]2C1. The Morgan fingerprint density at radius 3 is 2.54 bits per heavy atom. The van der Waals surface area contributed by atoms with Crippen LogP contribution in [0.5, 0.6) is 0 Å². The number of hydrogen-bond donors (Lipinski definition) is 0. The zero-order valence-electron chi connectivity index (χ0n) is 17.2. The summed E-state index contributed by atoms with van der Waals surface area (Å²) in [6.07, 6.45) is 14.6. The lowest BCUT2D eigenvalue weighted by Gasteiger charge is -2.51. The molecule has 0 amide bonds. The summed E-state index contributed by atoms with van der Waals surface area (Å²) in [5.74, 6) is 3.47. The number of fused-ring (bicyclic) bond motifs is 5. The van der Waals surface area contributed by atoms with Gasteiger partial charge in [0, 0.05) is 24.4 Å². The molecule has 0 spiro atoms. The average Bonchev–Trinajstić information content (AvgIpc) is 3.20. The van der Waals surface area contributed by atoms with Gasteiger partial charge in [-0.25, -0.2) is 0 Å². The monoisotopic (exact) mass is 374 g/mol. The van der Waals surface area contributed by atoms with Crippen molar-refractivity contribution in [3.8, 4) is 12.3 Å². The van der Waals surface area contributed by atoms with Crippen molar-refractivity contribution in [2.24, 2.45) is 22.7 Å². The van der Waals surface area contributed by atoms with Crippen molar-refractivity contribution < 1.29 is 14.0 Å². The van der Waals surface area contributed by atoms with Gasteiger partial charge in [0.1, 0.15) is 0 Å². The molecule has 0 N–H and O–H groups in total. The minimum atomic E-state index is -1.86. The van der Waals surface area contributed by atoms with E-state index in [0.29, 0.717) is 11.8 Å². The lowest BCUT2D eigenvalue weighted by atomic mass is 9.57. The van der Waals surface area contributed by atoms with E-state index in [0.717, 1.165) is 32.3 Å². The molecule has 4 heteroatoms. The summed E-state index contributed by atoms with van der Waals surface area (Å²) in [6, 6.07) is 0. The molecular formula is C22H34O3Si. The van der Waals surface area contributed by atoms with E-state index < -0.39 is 14.4 Å². The van der Waals surface area contributed by atoms with Gasteiger partial charge in [-0.15, -0.1) is 6.42 Å². The molecule has 2 bridgehead atoms. The molecule has 0 saturated heterocycles. The third-order valence-electron chi connectivity index (χ3n) is 8.00. The van der Waals surface area contributed by atoms with E-state index in [1.54, 1.807) is 0 Å². The molecule has 3 aliphatic rings. The Bertz CT molecular complexity index is 653. The summed E-state index contributed by atoms with van der Waals surface area (Å²) in [7, 11) is -1.86. The molecule has 2 saturated carbocycles. The summed E-state index contributed by atoms with van der Waals surface area (Å²) in [5.41, 5.74) is -0.149. The van der Waals surface area contributed by atoms with Crippen LogP contribution < -0.4 is 0 Å². The van der Waals surface area contributed by atoms with Gasteiger partial charge in [0.05, 0.1) is 0 Å². The maximum absolute atomic E-state index is 11.8. The second-order valence-corrected chi connectivity index (χ2v) is 14.9. The normalized spacial score (nSPS) is 36.7. The molecule has 0 aliphatic heterocycles. The fourth-order valence-electron chi connectivity index (χ4n) is 5.63. The smallest absolute Gasteiger partial charge is 0.303 e. The maximum Gasteiger partial charge on any atom is 0.303 e. The molecule has 3 nitrogen and oxygen atoms in total. The zero-order chi connectivity index (χ0) is 19.4. The summed E-state index contributed by atoms with van der Waals surface area (Å²) >= 11 is 0. The van der Waals surface area contributed by atoms with Crippen molar-refractivity contribution in [1.82, 2.24) is 0 Å². The second kappa shape index (κ2) is 6.24. The van der Waals surface area contributed by atoms with Gasteiger partial charge in [-0.2, -0.15) is 0 Å². The molecule has 3 aliphatic carbocycles. The summed E-state index contributed by atoms with van der Waals surface area (Å²) in [5, 5.41) is 0.180. The number of carbonyl (C=O) groups excluding carboxylic acids is 1. The van der Waals surface area contributed by atoms with E-state index in [1.807, 2.05) is 0 Å². The number of terminal acetylenes is 1. The lowest BCUT2D eigenvalue weighted by molar-refractivity contribution is -0.157. The van der Waals surface area contributed by atoms with Gasteiger partial charge < -0.3 is 9.16 Å². The number of ether oxygens (including phenoxy) is 1. The van der Waals surface area contributed by atoms with E-state index in [2.05, 4.69) is 51.9 Å². The van der Waals surface area contributed by atoms with Crippen LogP contribution in [0.15, 0.2) is 12.2 Å². The van der Waals surface area contributed by atoms with E-state index in [-0.39, 0.29) is 21.8 Å². The van der Waals surface area contributed by atoms with Gasteiger partial charge in [0.15, 0.2) is 14.4 Å². The minimum Gasteiger partial charge on any atom is -0.449 e. The van der Waals surface area contributed by atoms with Gasteiger partial charge in [-0.1, -0.05) is 45.3 Å². The summed E-state index contributed by atoms with van der Waals surface area (Å²) in [4.78, 5) is 11.8. The van der Waals surface area contributed by atoms with Gasteiger partial charge in [-0.05, 0) is 49.2 Å². The van der Waals surface area contributed by atoms with Crippen LogP contribution in [0, 0.1) is 35.0 Å². The first-order valence-corrected chi connectivity index (χ1v) is 12.9. The van der Waals surface area contributed by atoms with Gasteiger partial charge >= 0.3 is 5.97 Å². The lowest BCUT2D eigenvalue weighted by Crippen LogP contribution is -2.54. The van der Waals surface area contributed by atoms with Crippen LogP contribution in [0.2, 0.25) is 18.1 Å². The van der Waals surface area contributed by atoms with Gasteiger partial charge in [0.2, 0.25) is 0 Å². The predicted octanol–water partition coefficient (Wildman–Crippen LogP) is 4.94. The Kier molecular flexibility index (Phi) is 4.73. The number of carbonyl (C=O) groups is 1. The minimum absolute atomic E-state index is 0.00836. The second-order valence-electron chi connectivity index (χ2n) is 10.1. The summed E-state index contributed by atoms with van der Waals surface area (Å²) < 4.78 is 12.5. The van der Waals surface area contributed by atoms with Crippen molar-refractivity contribution >= 4 is 14.3 Å². The quantitative estimate of drug-likeness (QED) is 0.296. The number of esters is 1. The molecule has 5 atom stereocenters. The molecule has 0 radical (unpaired) electrons. The van der Waals surface area contributed by atoms with Crippen molar-refractivity contribution in [3.63, 3.8) is 0 Å². The number of hydrogen-bond acceptors (Lipinski definition) is 3. The number of allylic oxidation sites excluding steroid dienone is 2. The maximum atomic E-state index is 11.8. The van der Waals surface area contributed by atoms with E-state index in [1.165, 1.54) is 6.92 Å². The standard InChI is InChI=1S/C22H34O3Si/c1-8-19(25-16(2)23)22-13-9-12-21(22,17-10-11-18(22)14-17)15-24-26(6,7)20(3,4)5/h1,10-11,17-19H,9,12-15H2,2-7H3/t17?,18-,19-,21?,22?/m0/s1. The fourth-order valence-corrected chi connectivity index (χ4v) is 6.69. The van der Waals surface area contributed by atoms with Crippen molar-refractivity contribution in [1.29, 1.82) is 0 Å². The van der Waals surface area contributed by atoms with Gasteiger partial charge in [0.25, 0.3) is 0 Å². The number of rotatable bonds is 5. The van der Waals surface area contributed by atoms with Crippen molar-refractivity contribution in [2.75, 3.05) is 6.61 Å². The van der Waals surface area contributed by atoms with Crippen LogP contribution in [-0.2, 0) is 14.0 Å². The average molecular weight is 375 g/mol. The Morgan fingerprint density at radius 1 is 1.31 bits per heavy atom. The van der Waals surface area contributed by atoms with Crippen LogP contribution in [-0.4, -0.2) is 27.0 Å². The Labute approximate surface area is 160 Å². The largest absolute Gasteiger partial charge is 0.449 e. The first-order chi connectivity index (χ1) is 12.0. The van der Waals surface area contributed by atoms with Crippen LogP contribution in [0.3, 0.4) is 0 Å². The third-order valence-corrected chi connectivity index (χ3v) is 12.5. The molecule has 3 rings (SSSR count). The van der Waals surface area contributed by atoms with E-state index in [9.17, 15) is 4.79 Å². The molecule has 144 valence electrons. The summed E-state index contributed by atoms with van der Waals surface area (Å²) in [6.45, 7) is 13.7. The molecule has 2 fully saturated rings. The van der Waals surface area contributed by atoms with Crippen molar-refractivity contribution in [3.05, 3.63) is 12.2 Å². The molecule has 0 aromatic heterocycles. The first kappa shape index (κ1) is 19.7. The Morgan fingerprint density at radius 2 is 1.96 bits per heavy atom. The highest BCUT2D eigenvalue weighted by Gasteiger charge is 2.71. The molecule has 0 aromatic carbocycles.